The summed E-state index contributed by atoms with van der Waals surface area (Å²) in [4.78, 5) is 0. The molecule has 1 atom stereocenters. The van der Waals surface area contributed by atoms with E-state index in [1.54, 1.807) is 18.2 Å². The van der Waals surface area contributed by atoms with Crippen molar-refractivity contribution in [2.24, 2.45) is 0 Å². The van der Waals surface area contributed by atoms with Crippen molar-refractivity contribution < 1.29 is 17.6 Å². The molecule has 1 unspecified atom stereocenters. The fourth-order valence-electron chi connectivity index (χ4n) is 2.14. The van der Waals surface area contributed by atoms with E-state index >= 15 is 0 Å². The summed E-state index contributed by atoms with van der Waals surface area (Å²) >= 11 is 0. The summed E-state index contributed by atoms with van der Waals surface area (Å²) in [5.41, 5.74) is -0.612. The number of furan rings is 1. The molecule has 1 heterocycles. The quantitative estimate of drug-likeness (QED) is 0.837. The van der Waals surface area contributed by atoms with Gasteiger partial charge in [-0.1, -0.05) is 25.1 Å². The molecule has 0 saturated heterocycles. The minimum atomic E-state index is -4.39. The van der Waals surface area contributed by atoms with Gasteiger partial charge < -0.3 is 9.73 Å². The first-order chi connectivity index (χ1) is 9.93. The van der Waals surface area contributed by atoms with E-state index in [9.17, 15) is 13.2 Å². The van der Waals surface area contributed by atoms with Crippen LogP contribution in [0.4, 0.5) is 13.2 Å². The van der Waals surface area contributed by atoms with E-state index in [0.717, 1.165) is 19.0 Å². The van der Waals surface area contributed by atoms with Crippen molar-refractivity contribution in [1.29, 1.82) is 0 Å². The van der Waals surface area contributed by atoms with Gasteiger partial charge in [-0.2, -0.15) is 13.2 Å². The van der Waals surface area contributed by atoms with Gasteiger partial charge in [0, 0.05) is 5.56 Å². The smallest absolute Gasteiger partial charge is 0.417 e. The molecule has 0 radical (unpaired) electrons. The van der Waals surface area contributed by atoms with Gasteiger partial charge in [-0.15, -0.1) is 0 Å². The fourth-order valence-corrected chi connectivity index (χ4v) is 2.14. The van der Waals surface area contributed by atoms with Crippen molar-refractivity contribution in [2.45, 2.75) is 32.5 Å². The minimum absolute atomic E-state index is 0.0308. The lowest BCUT2D eigenvalue weighted by molar-refractivity contribution is -0.137. The highest BCUT2D eigenvalue weighted by atomic mass is 19.4. The van der Waals surface area contributed by atoms with Crippen LogP contribution in [-0.4, -0.2) is 6.54 Å². The van der Waals surface area contributed by atoms with Crippen LogP contribution in [0.2, 0.25) is 0 Å². The SMILES string of the molecule is CCCNC(C)c1ccc(-c2ccccc2C(F)(F)F)o1. The zero-order valence-corrected chi connectivity index (χ0v) is 12.0. The predicted molar refractivity (Wildman–Crippen MR) is 75.9 cm³/mol. The van der Waals surface area contributed by atoms with E-state index in [0.29, 0.717) is 5.76 Å². The minimum Gasteiger partial charge on any atom is -0.459 e. The average molecular weight is 297 g/mol. The third-order valence-electron chi connectivity index (χ3n) is 3.25. The molecule has 0 saturated carbocycles. The number of rotatable bonds is 5. The highest BCUT2D eigenvalue weighted by Crippen LogP contribution is 2.37. The molecule has 2 aromatic rings. The first kappa shape index (κ1) is 15.6. The van der Waals surface area contributed by atoms with Crippen LogP contribution in [0.5, 0.6) is 0 Å². The fraction of sp³-hybridized carbons (Fsp3) is 0.375. The molecule has 0 bridgehead atoms. The molecule has 0 aliphatic rings. The van der Waals surface area contributed by atoms with Gasteiger partial charge in [0.2, 0.25) is 0 Å². The molecule has 0 amide bonds. The molecule has 21 heavy (non-hydrogen) atoms. The number of halogens is 3. The third kappa shape index (κ3) is 3.67. The summed E-state index contributed by atoms with van der Waals surface area (Å²) in [6, 6.07) is 8.72. The number of benzene rings is 1. The number of alkyl halides is 3. The Morgan fingerprint density at radius 1 is 1.14 bits per heavy atom. The lowest BCUT2D eigenvalue weighted by Gasteiger charge is -2.12. The second-order valence-corrected chi connectivity index (χ2v) is 4.92. The highest BCUT2D eigenvalue weighted by Gasteiger charge is 2.34. The predicted octanol–water partition coefficient (Wildman–Crippen LogP) is 5.03. The van der Waals surface area contributed by atoms with Crippen LogP contribution in [0.3, 0.4) is 0 Å². The zero-order chi connectivity index (χ0) is 15.5. The van der Waals surface area contributed by atoms with Crippen LogP contribution in [0.15, 0.2) is 40.8 Å². The van der Waals surface area contributed by atoms with Crippen LogP contribution in [0.25, 0.3) is 11.3 Å². The molecule has 0 fully saturated rings. The Bertz CT molecular complexity index is 589. The summed E-state index contributed by atoms with van der Waals surface area (Å²) < 4.78 is 44.6. The second kappa shape index (κ2) is 6.35. The normalized spacial score (nSPS) is 13.4. The van der Waals surface area contributed by atoms with Crippen LogP contribution in [-0.2, 0) is 6.18 Å². The van der Waals surface area contributed by atoms with E-state index in [1.165, 1.54) is 12.1 Å². The van der Waals surface area contributed by atoms with Crippen LogP contribution >= 0.6 is 0 Å². The van der Waals surface area contributed by atoms with Gasteiger partial charge in [0.1, 0.15) is 11.5 Å². The van der Waals surface area contributed by atoms with E-state index in [4.69, 9.17) is 4.42 Å². The molecule has 0 aliphatic heterocycles. The maximum Gasteiger partial charge on any atom is 0.417 e. The number of hydrogen-bond acceptors (Lipinski definition) is 2. The summed E-state index contributed by atoms with van der Waals surface area (Å²) in [5.74, 6) is 0.874. The Labute approximate surface area is 122 Å². The van der Waals surface area contributed by atoms with Gasteiger partial charge in [0.25, 0.3) is 0 Å². The third-order valence-corrected chi connectivity index (χ3v) is 3.25. The molecular weight excluding hydrogens is 279 g/mol. The van der Waals surface area contributed by atoms with Crippen LogP contribution in [0.1, 0.15) is 37.6 Å². The Balaban J connectivity index is 2.30. The van der Waals surface area contributed by atoms with E-state index in [-0.39, 0.29) is 17.4 Å². The maximum atomic E-state index is 13.0. The largest absolute Gasteiger partial charge is 0.459 e. The molecule has 0 spiro atoms. The van der Waals surface area contributed by atoms with Gasteiger partial charge in [-0.05, 0) is 38.1 Å². The Kier molecular flexibility index (Phi) is 4.73. The van der Waals surface area contributed by atoms with Gasteiger partial charge in [-0.25, -0.2) is 0 Å². The molecule has 1 aromatic carbocycles. The van der Waals surface area contributed by atoms with E-state index < -0.39 is 11.7 Å². The van der Waals surface area contributed by atoms with Gasteiger partial charge >= 0.3 is 6.18 Å². The average Bonchev–Trinajstić information content (AvgIpc) is 2.93. The number of nitrogens with one attached hydrogen (secondary N) is 1. The lowest BCUT2D eigenvalue weighted by Crippen LogP contribution is -2.18. The van der Waals surface area contributed by atoms with Crippen LogP contribution in [0, 0.1) is 0 Å². The van der Waals surface area contributed by atoms with E-state index in [1.807, 2.05) is 13.8 Å². The zero-order valence-electron chi connectivity index (χ0n) is 12.0. The molecule has 1 aromatic heterocycles. The molecule has 5 heteroatoms. The first-order valence-electron chi connectivity index (χ1n) is 6.93. The molecular formula is C16H18F3NO. The molecule has 114 valence electrons. The van der Waals surface area contributed by atoms with Crippen molar-refractivity contribution in [3.05, 3.63) is 47.7 Å². The standard InChI is InChI=1S/C16H18F3NO/c1-3-10-20-11(2)14-8-9-15(21-14)12-6-4-5-7-13(12)16(17,18)19/h4-9,11,20H,3,10H2,1-2H3. The van der Waals surface area contributed by atoms with E-state index in [2.05, 4.69) is 5.32 Å². The summed E-state index contributed by atoms with van der Waals surface area (Å²) in [6.45, 7) is 4.80. The maximum absolute atomic E-state index is 13.0. The summed E-state index contributed by atoms with van der Waals surface area (Å²) in [7, 11) is 0. The van der Waals surface area contributed by atoms with Crippen LogP contribution < -0.4 is 5.32 Å². The van der Waals surface area contributed by atoms with Crippen molar-refractivity contribution in [3.63, 3.8) is 0 Å². The van der Waals surface area contributed by atoms with Crippen molar-refractivity contribution in [2.75, 3.05) is 6.54 Å². The molecule has 2 rings (SSSR count). The first-order valence-corrected chi connectivity index (χ1v) is 6.93. The highest BCUT2D eigenvalue weighted by molar-refractivity contribution is 5.63. The summed E-state index contributed by atoms with van der Waals surface area (Å²) in [6.07, 6.45) is -3.41. The van der Waals surface area contributed by atoms with Gasteiger partial charge in [-0.3, -0.25) is 0 Å². The van der Waals surface area contributed by atoms with Crippen molar-refractivity contribution >= 4 is 0 Å². The van der Waals surface area contributed by atoms with Crippen molar-refractivity contribution in [3.8, 4) is 11.3 Å². The second-order valence-electron chi connectivity index (χ2n) is 4.92. The number of hydrogen-bond donors (Lipinski definition) is 1. The summed E-state index contributed by atoms with van der Waals surface area (Å²) in [5, 5.41) is 3.24. The topological polar surface area (TPSA) is 25.2 Å². The molecule has 0 aliphatic carbocycles. The Morgan fingerprint density at radius 2 is 1.86 bits per heavy atom. The lowest BCUT2D eigenvalue weighted by atomic mass is 10.1. The molecule has 1 N–H and O–H groups in total. The van der Waals surface area contributed by atoms with Gasteiger partial charge in [0.15, 0.2) is 0 Å². The monoisotopic (exact) mass is 297 g/mol. The Hall–Kier alpha value is -1.75. The molecule has 2 nitrogen and oxygen atoms in total. The van der Waals surface area contributed by atoms with Gasteiger partial charge in [0.05, 0.1) is 11.6 Å². The Morgan fingerprint density at radius 3 is 2.52 bits per heavy atom. The van der Waals surface area contributed by atoms with Crippen molar-refractivity contribution in [1.82, 2.24) is 5.32 Å².